The lowest BCUT2D eigenvalue weighted by Crippen LogP contribution is -2.55. The first-order chi connectivity index (χ1) is 9.02. The average molecular weight is 269 g/mol. The Balaban J connectivity index is 1.88. The molecule has 0 saturated carbocycles. The molecule has 0 aliphatic carbocycles. The van der Waals surface area contributed by atoms with E-state index in [4.69, 9.17) is 14.4 Å². The van der Waals surface area contributed by atoms with Gasteiger partial charge in [-0.25, -0.2) is 4.79 Å². The Hall–Kier alpha value is -1.96. The lowest BCUT2D eigenvalue weighted by Gasteiger charge is -2.23. The normalized spacial score (nSPS) is 22.4. The Kier molecular flexibility index (Phi) is 3.79. The molecule has 1 aliphatic rings. The molecule has 0 bridgehead atoms. The molecule has 1 aliphatic heterocycles. The predicted molar refractivity (Wildman–Crippen MR) is 61.3 cm³/mol. The third kappa shape index (κ3) is 3.08. The SMILES string of the molecule is Cc1noc(CCC(=O)NC2(C(=O)O)CCOC2)n1. The van der Waals surface area contributed by atoms with Gasteiger partial charge in [-0.05, 0) is 6.92 Å². The van der Waals surface area contributed by atoms with Crippen molar-refractivity contribution in [2.45, 2.75) is 31.7 Å². The first-order valence-electron chi connectivity index (χ1n) is 5.93. The number of aryl methyl sites for hydroxylation is 2. The van der Waals surface area contributed by atoms with Crippen molar-refractivity contribution >= 4 is 11.9 Å². The largest absolute Gasteiger partial charge is 0.479 e. The third-order valence-electron chi connectivity index (χ3n) is 2.95. The zero-order valence-corrected chi connectivity index (χ0v) is 10.5. The fourth-order valence-corrected chi connectivity index (χ4v) is 1.88. The predicted octanol–water partition coefficient (Wildman–Crippen LogP) is -0.329. The van der Waals surface area contributed by atoms with E-state index in [9.17, 15) is 9.59 Å². The van der Waals surface area contributed by atoms with Crippen LogP contribution in [-0.4, -0.2) is 45.9 Å². The number of hydrogen-bond acceptors (Lipinski definition) is 6. The van der Waals surface area contributed by atoms with Gasteiger partial charge in [-0.15, -0.1) is 0 Å². The van der Waals surface area contributed by atoms with Gasteiger partial charge in [0.25, 0.3) is 0 Å². The van der Waals surface area contributed by atoms with Crippen LogP contribution in [0.5, 0.6) is 0 Å². The molecule has 1 amide bonds. The summed E-state index contributed by atoms with van der Waals surface area (Å²) in [5.41, 5.74) is -1.30. The molecule has 2 heterocycles. The Morgan fingerprint density at radius 3 is 2.84 bits per heavy atom. The van der Waals surface area contributed by atoms with Gasteiger partial charge in [0.2, 0.25) is 11.8 Å². The van der Waals surface area contributed by atoms with Crippen LogP contribution in [0.25, 0.3) is 0 Å². The second-order valence-corrected chi connectivity index (χ2v) is 4.47. The fourth-order valence-electron chi connectivity index (χ4n) is 1.88. The average Bonchev–Trinajstić information content (AvgIpc) is 2.97. The van der Waals surface area contributed by atoms with Gasteiger partial charge in [0.15, 0.2) is 11.4 Å². The van der Waals surface area contributed by atoms with Crippen molar-refractivity contribution in [3.63, 3.8) is 0 Å². The monoisotopic (exact) mass is 269 g/mol. The van der Waals surface area contributed by atoms with Crippen LogP contribution in [0.1, 0.15) is 24.6 Å². The second kappa shape index (κ2) is 5.35. The Morgan fingerprint density at radius 2 is 2.32 bits per heavy atom. The molecule has 0 aromatic carbocycles. The fraction of sp³-hybridized carbons (Fsp3) is 0.636. The number of ether oxygens (including phenoxy) is 1. The molecular weight excluding hydrogens is 254 g/mol. The van der Waals surface area contributed by atoms with Crippen LogP contribution in [0, 0.1) is 6.92 Å². The molecule has 19 heavy (non-hydrogen) atoms. The molecule has 1 aromatic rings. The van der Waals surface area contributed by atoms with E-state index < -0.39 is 11.5 Å². The van der Waals surface area contributed by atoms with Gasteiger partial charge < -0.3 is 19.7 Å². The first-order valence-corrected chi connectivity index (χ1v) is 5.93. The summed E-state index contributed by atoms with van der Waals surface area (Å²) in [5, 5.41) is 15.3. The standard InChI is InChI=1S/C11H15N3O5/c1-7-12-9(19-14-7)3-2-8(15)13-11(10(16)17)4-5-18-6-11/h2-6H2,1H3,(H,13,15)(H,16,17). The number of amides is 1. The van der Waals surface area contributed by atoms with Crippen LogP contribution < -0.4 is 5.32 Å². The maximum Gasteiger partial charge on any atom is 0.331 e. The van der Waals surface area contributed by atoms with Gasteiger partial charge in [0, 0.05) is 25.9 Å². The van der Waals surface area contributed by atoms with Crippen molar-refractivity contribution in [1.29, 1.82) is 0 Å². The molecule has 1 saturated heterocycles. The quantitative estimate of drug-likeness (QED) is 0.752. The molecule has 1 atom stereocenters. The van der Waals surface area contributed by atoms with Gasteiger partial charge in [0.1, 0.15) is 0 Å². The lowest BCUT2D eigenvalue weighted by atomic mass is 9.98. The van der Waals surface area contributed by atoms with Crippen molar-refractivity contribution in [3.8, 4) is 0 Å². The van der Waals surface area contributed by atoms with E-state index in [-0.39, 0.29) is 31.8 Å². The van der Waals surface area contributed by atoms with E-state index in [1.54, 1.807) is 6.92 Å². The maximum absolute atomic E-state index is 11.8. The number of carbonyl (C=O) groups excluding carboxylic acids is 1. The minimum atomic E-state index is -1.30. The molecule has 8 heteroatoms. The summed E-state index contributed by atoms with van der Waals surface area (Å²) in [5.74, 6) is -0.586. The Bertz CT molecular complexity index is 478. The summed E-state index contributed by atoms with van der Waals surface area (Å²) in [7, 11) is 0. The zero-order chi connectivity index (χ0) is 13.9. The lowest BCUT2D eigenvalue weighted by molar-refractivity contribution is -0.147. The number of nitrogens with one attached hydrogen (secondary N) is 1. The van der Waals surface area contributed by atoms with E-state index in [2.05, 4.69) is 15.5 Å². The summed E-state index contributed by atoms with van der Waals surface area (Å²) < 4.78 is 9.93. The van der Waals surface area contributed by atoms with Crippen molar-refractivity contribution in [1.82, 2.24) is 15.5 Å². The molecule has 0 spiro atoms. The summed E-state index contributed by atoms with van der Waals surface area (Å²) in [4.78, 5) is 26.9. The minimum Gasteiger partial charge on any atom is -0.479 e. The highest BCUT2D eigenvalue weighted by atomic mass is 16.5. The van der Waals surface area contributed by atoms with Crippen LogP contribution in [0.2, 0.25) is 0 Å². The number of carboxylic acid groups (broad SMARTS) is 1. The zero-order valence-electron chi connectivity index (χ0n) is 10.5. The molecule has 1 unspecified atom stereocenters. The molecule has 2 N–H and O–H groups in total. The molecule has 1 fully saturated rings. The van der Waals surface area contributed by atoms with E-state index in [1.165, 1.54) is 0 Å². The molecule has 8 nitrogen and oxygen atoms in total. The summed E-state index contributed by atoms with van der Waals surface area (Å²) >= 11 is 0. The van der Waals surface area contributed by atoms with Crippen LogP contribution in [0.15, 0.2) is 4.52 Å². The van der Waals surface area contributed by atoms with Crippen LogP contribution in [-0.2, 0) is 20.7 Å². The minimum absolute atomic E-state index is 0.00621. The van der Waals surface area contributed by atoms with Gasteiger partial charge in [-0.3, -0.25) is 4.79 Å². The molecule has 1 aromatic heterocycles. The summed E-state index contributed by atoms with van der Waals surface area (Å²) in [6.45, 7) is 2.01. The summed E-state index contributed by atoms with van der Waals surface area (Å²) in [6, 6.07) is 0. The number of rotatable bonds is 5. The molecule has 104 valence electrons. The van der Waals surface area contributed by atoms with Crippen molar-refractivity contribution in [3.05, 3.63) is 11.7 Å². The highest BCUT2D eigenvalue weighted by Crippen LogP contribution is 2.19. The van der Waals surface area contributed by atoms with Crippen molar-refractivity contribution < 1.29 is 24.0 Å². The number of nitrogens with zero attached hydrogens (tertiary/aromatic N) is 2. The number of aromatic nitrogens is 2. The Labute approximate surface area is 109 Å². The second-order valence-electron chi connectivity index (χ2n) is 4.47. The van der Waals surface area contributed by atoms with Crippen molar-refractivity contribution in [2.24, 2.45) is 0 Å². The van der Waals surface area contributed by atoms with Crippen LogP contribution in [0.4, 0.5) is 0 Å². The van der Waals surface area contributed by atoms with Crippen molar-refractivity contribution in [2.75, 3.05) is 13.2 Å². The molecular formula is C11H15N3O5. The van der Waals surface area contributed by atoms with Crippen LogP contribution >= 0.6 is 0 Å². The van der Waals surface area contributed by atoms with Gasteiger partial charge >= 0.3 is 5.97 Å². The van der Waals surface area contributed by atoms with Gasteiger partial charge in [-0.1, -0.05) is 5.16 Å². The summed E-state index contributed by atoms with van der Waals surface area (Å²) in [6.07, 6.45) is 0.646. The highest BCUT2D eigenvalue weighted by Gasteiger charge is 2.43. The van der Waals surface area contributed by atoms with Gasteiger partial charge in [-0.2, -0.15) is 4.98 Å². The molecule has 2 rings (SSSR count). The number of hydrogen-bond donors (Lipinski definition) is 2. The topological polar surface area (TPSA) is 115 Å². The van der Waals surface area contributed by atoms with Crippen LogP contribution in [0.3, 0.4) is 0 Å². The first kappa shape index (κ1) is 13.5. The molecule has 0 radical (unpaired) electrons. The van der Waals surface area contributed by atoms with E-state index in [0.717, 1.165) is 0 Å². The number of carbonyl (C=O) groups is 2. The van der Waals surface area contributed by atoms with E-state index in [0.29, 0.717) is 18.3 Å². The number of aliphatic carboxylic acids is 1. The van der Waals surface area contributed by atoms with Gasteiger partial charge in [0.05, 0.1) is 6.61 Å². The maximum atomic E-state index is 11.8. The highest BCUT2D eigenvalue weighted by molar-refractivity contribution is 5.87. The number of carboxylic acids is 1. The van der Waals surface area contributed by atoms with E-state index >= 15 is 0 Å². The Morgan fingerprint density at radius 1 is 1.53 bits per heavy atom. The van der Waals surface area contributed by atoms with E-state index in [1.807, 2.05) is 0 Å². The smallest absolute Gasteiger partial charge is 0.331 e. The third-order valence-corrected chi connectivity index (χ3v) is 2.95.